The largest absolute Gasteiger partial charge is 0.351 e. The van der Waals surface area contributed by atoms with Crippen LogP contribution in [0, 0.1) is 29.6 Å². The Morgan fingerprint density at radius 2 is 2.24 bits per heavy atom. The number of hydrogen-bond acceptors (Lipinski definition) is 4. The van der Waals surface area contributed by atoms with Crippen LogP contribution in [-0.4, -0.2) is 17.6 Å². The topological polar surface area (TPSA) is 63.7 Å². The van der Waals surface area contributed by atoms with Gasteiger partial charge in [-0.3, -0.25) is 0 Å². The van der Waals surface area contributed by atoms with Crippen molar-refractivity contribution in [1.29, 1.82) is 10.5 Å². The van der Waals surface area contributed by atoms with Crippen LogP contribution in [0.4, 0.5) is 5.82 Å². The van der Waals surface area contributed by atoms with Gasteiger partial charge in [-0.2, -0.15) is 10.5 Å². The number of aryl methyl sites for hydroxylation is 1. The van der Waals surface area contributed by atoms with Gasteiger partial charge in [0.15, 0.2) is 0 Å². The molecule has 0 bridgehead atoms. The van der Waals surface area contributed by atoms with E-state index in [1.165, 1.54) is 0 Å². The third kappa shape index (κ3) is 2.37. The lowest BCUT2D eigenvalue weighted by molar-refractivity contribution is 0.775. The highest BCUT2D eigenvalue weighted by molar-refractivity contribution is 5.58. The molecule has 0 N–H and O–H groups in total. The van der Waals surface area contributed by atoms with E-state index in [9.17, 15) is 5.26 Å². The minimum atomic E-state index is 0.463. The fourth-order valence-corrected chi connectivity index (χ4v) is 1.92. The van der Waals surface area contributed by atoms with Crippen molar-refractivity contribution in [2.75, 3.05) is 11.4 Å². The molecule has 0 aromatic carbocycles. The van der Waals surface area contributed by atoms with Gasteiger partial charge in [-0.25, -0.2) is 4.98 Å². The molecule has 1 aliphatic carbocycles. The zero-order valence-corrected chi connectivity index (χ0v) is 9.85. The van der Waals surface area contributed by atoms with E-state index >= 15 is 0 Å². The number of nitrogens with zero attached hydrogens (tertiary/aromatic N) is 4. The van der Waals surface area contributed by atoms with Crippen molar-refractivity contribution in [3.8, 4) is 12.1 Å². The molecule has 0 saturated heterocycles. The first-order valence-electron chi connectivity index (χ1n) is 5.77. The zero-order chi connectivity index (χ0) is 12.3. The minimum Gasteiger partial charge on any atom is -0.351 e. The average molecular weight is 226 g/mol. The van der Waals surface area contributed by atoms with Gasteiger partial charge < -0.3 is 4.90 Å². The summed E-state index contributed by atoms with van der Waals surface area (Å²) in [5.74, 6) is 0.741. The summed E-state index contributed by atoms with van der Waals surface area (Å²) in [7, 11) is 0. The van der Waals surface area contributed by atoms with Crippen LogP contribution in [0.3, 0.4) is 0 Å². The maximum atomic E-state index is 9.19. The molecule has 0 radical (unpaired) electrons. The van der Waals surface area contributed by atoms with Crippen LogP contribution in [0.5, 0.6) is 0 Å². The van der Waals surface area contributed by atoms with Crippen molar-refractivity contribution in [2.24, 2.45) is 0 Å². The van der Waals surface area contributed by atoms with E-state index in [0.29, 0.717) is 24.6 Å². The van der Waals surface area contributed by atoms with Crippen LogP contribution in [0.2, 0.25) is 0 Å². The maximum Gasteiger partial charge on any atom is 0.147 e. The van der Waals surface area contributed by atoms with Crippen molar-refractivity contribution >= 4 is 5.82 Å². The molecule has 4 heteroatoms. The summed E-state index contributed by atoms with van der Waals surface area (Å²) in [6.45, 7) is 2.57. The molecule has 17 heavy (non-hydrogen) atoms. The molecule has 1 heterocycles. The van der Waals surface area contributed by atoms with E-state index < -0.39 is 0 Å². The Morgan fingerprint density at radius 3 is 2.82 bits per heavy atom. The summed E-state index contributed by atoms with van der Waals surface area (Å²) in [6.07, 6.45) is 4.46. The fourth-order valence-electron chi connectivity index (χ4n) is 1.92. The summed E-state index contributed by atoms with van der Waals surface area (Å²) in [4.78, 5) is 6.42. The summed E-state index contributed by atoms with van der Waals surface area (Å²) in [6, 6.07) is 6.67. The Labute approximate surface area is 101 Å². The second-order valence-corrected chi connectivity index (χ2v) is 4.27. The van der Waals surface area contributed by atoms with Crippen LogP contribution >= 0.6 is 0 Å². The van der Waals surface area contributed by atoms with E-state index in [4.69, 9.17) is 5.26 Å². The van der Waals surface area contributed by atoms with E-state index in [1.807, 2.05) is 13.0 Å². The summed E-state index contributed by atoms with van der Waals surface area (Å²) in [5.41, 5.74) is 1.58. The Balaban J connectivity index is 2.33. The molecule has 1 aromatic rings. The van der Waals surface area contributed by atoms with Crippen LogP contribution in [0.1, 0.15) is 30.4 Å². The van der Waals surface area contributed by atoms with E-state index in [1.54, 1.807) is 6.20 Å². The van der Waals surface area contributed by atoms with Crippen molar-refractivity contribution in [1.82, 2.24) is 4.98 Å². The Bertz CT molecular complexity index is 491. The highest BCUT2D eigenvalue weighted by atomic mass is 15.2. The molecule has 4 nitrogen and oxygen atoms in total. The van der Waals surface area contributed by atoms with Gasteiger partial charge in [-0.05, 0) is 31.4 Å². The van der Waals surface area contributed by atoms with Crippen molar-refractivity contribution in [3.05, 3.63) is 23.4 Å². The molecule has 2 rings (SSSR count). The van der Waals surface area contributed by atoms with E-state index in [-0.39, 0.29) is 0 Å². The number of aromatic nitrogens is 1. The first kappa shape index (κ1) is 11.4. The number of pyridine rings is 1. The third-order valence-electron chi connectivity index (χ3n) is 2.98. The third-order valence-corrected chi connectivity index (χ3v) is 2.98. The van der Waals surface area contributed by atoms with E-state index in [0.717, 1.165) is 24.2 Å². The number of anilines is 1. The summed E-state index contributed by atoms with van der Waals surface area (Å²) < 4.78 is 0. The molecular formula is C13H14N4. The normalized spacial score (nSPS) is 13.8. The minimum absolute atomic E-state index is 0.463. The molecule has 1 aliphatic rings. The van der Waals surface area contributed by atoms with Gasteiger partial charge in [-0.1, -0.05) is 0 Å². The highest BCUT2D eigenvalue weighted by Gasteiger charge is 2.31. The van der Waals surface area contributed by atoms with Gasteiger partial charge in [0.25, 0.3) is 0 Å². The second-order valence-electron chi connectivity index (χ2n) is 4.27. The predicted octanol–water partition coefficient (Wildman–Crippen LogP) is 2.14. The fraction of sp³-hybridized carbons (Fsp3) is 0.462. The van der Waals surface area contributed by atoms with Crippen molar-refractivity contribution < 1.29 is 0 Å². The molecule has 0 amide bonds. The SMILES string of the molecule is Cc1ccnc(N(CCC#N)C2CC2)c1C#N. The predicted molar refractivity (Wildman–Crippen MR) is 64.3 cm³/mol. The van der Waals surface area contributed by atoms with Crippen molar-refractivity contribution in [3.63, 3.8) is 0 Å². The lowest BCUT2D eigenvalue weighted by Crippen LogP contribution is -2.28. The molecule has 0 atom stereocenters. The highest BCUT2D eigenvalue weighted by Crippen LogP contribution is 2.32. The van der Waals surface area contributed by atoms with Crippen molar-refractivity contribution in [2.45, 2.75) is 32.2 Å². The Morgan fingerprint density at radius 1 is 1.47 bits per heavy atom. The second kappa shape index (κ2) is 4.84. The molecule has 1 saturated carbocycles. The lowest BCUT2D eigenvalue weighted by Gasteiger charge is -2.23. The molecule has 0 aliphatic heterocycles. The van der Waals surface area contributed by atoms with Crippen LogP contribution < -0.4 is 4.90 Å². The average Bonchev–Trinajstić information content (AvgIpc) is 3.14. The monoisotopic (exact) mass is 226 g/mol. The van der Waals surface area contributed by atoms with Gasteiger partial charge in [0.1, 0.15) is 11.9 Å². The van der Waals surface area contributed by atoms with Crippen LogP contribution in [0.25, 0.3) is 0 Å². The van der Waals surface area contributed by atoms with Gasteiger partial charge in [0.2, 0.25) is 0 Å². The molecule has 1 fully saturated rings. The van der Waals surface area contributed by atoms with Crippen LogP contribution in [-0.2, 0) is 0 Å². The van der Waals surface area contributed by atoms with Gasteiger partial charge in [0.05, 0.1) is 18.1 Å². The lowest BCUT2D eigenvalue weighted by atomic mass is 10.1. The number of nitriles is 2. The standard InChI is InChI=1S/C13H14N4/c1-10-5-7-16-13(12(10)9-15)17(8-2-6-14)11-3-4-11/h5,7,11H,2-4,8H2,1H3. The molecular weight excluding hydrogens is 212 g/mol. The maximum absolute atomic E-state index is 9.19. The van der Waals surface area contributed by atoms with Gasteiger partial charge in [-0.15, -0.1) is 0 Å². The molecule has 0 spiro atoms. The number of hydrogen-bond donors (Lipinski definition) is 0. The molecule has 1 aromatic heterocycles. The Hall–Kier alpha value is -2.07. The first-order chi connectivity index (χ1) is 8.27. The van der Waals surface area contributed by atoms with E-state index in [2.05, 4.69) is 22.0 Å². The summed E-state index contributed by atoms with van der Waals surface area (Å²) >= 11 is 0. The summed E-state index contributed by atoms with van der Waals surface area (Å²) in [5, 5.41) is 17.9. The zero-order valence-electron chi connectivity index (χ0n) is 9.85. The molecule has 0 unspecified atom stereocenters. The quantitative estimate of drug-likeness (QED) is 0.789. The first-order valence-corrected chi connectivity index (χ1v) is 5.77. The van der Waals surface area contributed by atoms with Gasteiger partial charge in [0, 0.05) is 18.8 Å². The molecule has 86 valence electrons. The Kier molecular flexibility index (Phi) is 3.25. The van der Waals surface area contributed by atoms with Crippen LogP contribution in [0.15, 0.2) is 12.3 Å². The smallest absolute Gasteiger partial charge is 0.147 e. The number of rotatable bonds is 4. The van der Waals surface area contributed by atoms with Gasteiger partial charge >= 0.3 is 0 Å².